The maximum Gasteiger partial charge on any atom is 0.330 e. The van der Waals surface area contributed by atoms with Gasteiger partial charge in [0.2, 0.25) is 0 Å². The lowest BCUT2D eigenvalue weighted by Gasteiger charge is -2.37. The van der Waals surface area contributed by atoms with Gasteiger partial charge in [-0.1, -0.05) is 20.8 Å². The SMILES string of the molecule is CSCC(O[C@H]1C[C@H](n2cc(C)c(=O)[nH]c2=O)O[C@@H]1CO[Si](C)(C)C(C)(C)C)SC. The fraction of sp³-hybridized carbons (Fsp3) is 0.800. The molecule has 30 heavy (non-hydrogen) atoms. The molecule has 2 rings (SSSR count). The third kappa shape index (κ3) is 6.26. The van der Waals surface area contributed by atoms with Crippen LogP contribution in [0.15, 0.2) is 15.8 Å². The Morgan fingerprint density at radius 3 is 2.57 bits per heavy atom. The molecular weight excluding hydrogens is 440 g/mol. The molecule has 1 N–H and O–H groups in total. The second-order valence-electron chi connectivity index (χ2n) is 9.21. The van der Waals surface area contributed by atoms with Crippen LogP contribution in [-0.4, -0.2) is 60.4 Å². The van der Waals surface area contributed by atoms with Crippen LogP contribution in [0.3, 0.4) is 0 Å². The van der Waals surface area contributed by atoms with Gasteiger partial charge in [-0.2, -0.15) is 11.8 Å². The van der Waals surface area contributed by atoms with E-state index in [-0.39, 0.29) is 28.2 Å². The van der Waals surface area contributed by atoms with Crippen molar-refractivity contribution in [3.05, 3.63) is 32.6 Å². The molecule has 7 nitrogen and oxygen atoms in total. The Kier molecular flexibility index (Phi) is 8.92. The van der Waals surface area contributed by atoms with Gasteiger partial charge in [0, 0.05) is 23.9 Å². The summed E-state index contributed by atoms with van der Waals surface area (Å²) in [5, 5.41) is 0.0922. The molecule has 1 fully saturated rings. The Bertz CT molecular complexity index is 821. The highest BCUT2D eigenvalue weighted by Crippen LogP contribution is 2.38. The largest absolute Gasteiger partial charge is 0.414 e. The van der Waals surface area contributed by atoms with Crippen LogP contribution in [0.2, 0.25) is 18.1 Å². The van der Waals surface area contributed by atoms with Crippen molar-refractivity contribution in [1.82, 2.24) is 9.55 Å². The first-order chi connectivity index (χ1) is 13.9. The Hall–Kier alpha value is -0.523. The molecule has 1 aromatic heterocycles. The van der Waals surface area contributed by atoms with Gasteiger partial charge in [-0.25, -0.2) is 4.79 Å². The molecule has 1 aliphatic heterocycles. The summed E-state index contributed by atoms with van der Waals surface area (Å²) >= 11 is 3.41. The first-order valence-electron chi connectivity index (χ1n) is 10.2. The average Bonchev–Trinajstić information content (AvgIpc) is 3.04. The van der Waals surface area contributed by atoms with Gasteiger partial charge in [-0.15, -0.1) is 11.8 Å². The molecule has 1 aromatic rings. The summed E-state index contributed by atoms with van der Waals surface area (Å²) in [6, 6.07) is 0. The highest BCUT2D eigenvalue weighted by atomic mass is 32.2. The van der Waals surface area contributed by atoms with E-state index in [0.717, 1.165) is 5.75 Å². The van der Waals surface area contributed by atoms with Crippen molar-refractivity contribution in [3.8, 4) is 0 Å². The number of thioether (sulfide) groups is 2. The number of aryl methyl sites for hydroxylation is 1. The Morgan fingerprint density at radius 2 is 2.00 bits per heavy atom. The van der Waals surface area contributed by atoms with E-state index in [4.69, 9.17) is 13.9 Å². The number of rotatable bonds is 9. The van der Waals surface area contributed by atoms with Crippen LogP contribution in [0.4, 0.5) is 0 Å². The maximum atomic E-state index is 12.4. The van der Waals surface area contributed by atoms with Crippen molar-refractivity contribution in [1.29, 1.82) is 0 Å². The van der Waals surface area contributed by atoms with E-state index >= 15 is 0 Å². The minimum Gasteiger partial charge on any atom is -0.414 e. The zero-order valence-electron chi connectivity index (χ0n) is 19.3. The normalized spacial score (nSPS) is 23.7. The molecule has 0 bridgehead atoms. The number of hydrogen-bond donors (Lipinski definition) is 1. The van der Waals surface area contributed by atoms with E-state index in [1.165, 1.54) is 4.57 Å². The second-order valence-corrected chi connectivity index (χ2v) is 15.9. The summed E-state index contributed by atoms with van der Waals surface area (Å²) in [5.41, 5.74) is -0.328. The number of nitrogens with one attached hydrogen (secondary N) is 1. The summed E-state index contributed by atoms with van der Waals surface area (Å²) in [7, 11) is -1.95. The quantitative estimate of drug-likeness (QED) is 0.431. The van der Waals surface area contributed by atoms with Gasteiger partial charge in [0.1, 0.15) is 17.8 Å². The van der Waals surface area contributed by atoms with Crippen molar-refractivity contribution in [3.63, 3.8) is 0 Å². The topological polar surface area (TPSA) is 82.6 Å². The van der Waals surface area contributed by atoms with Crippen LogP contribution in [0.5, 0.6) is 0 Å². The molecule has 10 heteroatoms. The van der Waals surface area contributed by atoms with Crippen LogP contribution >= 0.6 is 23.5 Å². The van der Waals surface area contributed by atoms with E-state index in [0.29, 0.717) is 18.6 Å². The van der Waals surface area contributed by atoms with Crippen LogP contribution in [0, 0.1) is 6.92 Å². The van der Waals surface area contributed by atoms with Gasteiger partial charge in [-0.3, -0.25) is 14.3 Å². The fourth-order valence-corrected chi connectivity index (χ4v) is 5.54. The molecule has 2 heterocycles. The van der Waals surface area contributed by atoms with Crippen LogP contribution < -0.4 is 11.2 Å². The lowest BCUT2D eigenvalue weighted by Crippen LogP contribution is -2.44. The molecule has 1 saturated heterocycles. The van der Waals surface area contributed by atoms with Gasteiger partial charge in [0.15, 0.2) is 8.32 Å². The average molecular weight is 477 g/mol. The van der Waals surface area contributed by atoms with Crippen LogP contribution in [-0.2, 0) is 13.9 Å². The summed E-state index contributed by atoms with van der Waals surface area (Å²) in [5.74, 6) is 0.871. The number of H-pyrrole nitrogens is 1. The van der Waals surface area contributed by atoms with E-state index < -0.39 is 20.2 Å². The highest BCUT2D eigenvalue weighted by molar-refractivity contribution is 8.02. The van der Waals surface area contributed by atoms with Crippen LogP contribution in [0.25, 0.3) is 0 Å². The van der Waals surface area contributed by atoms with E-state index in [9.17, 15) is 9.59 Å². The third-order valence-electron chi connectivity index (χ3n) is 5.94. The Morgan fingerprint density at radius 1 is 1.33 bits per heavy atom. The first kappa shape index (κ1) is 25.7. The lowest BCUT2D eigenvalue weighted by molar-refractivity contribution is -0.0617. The molecule has 0 amide bonds. The predicted octanol–water partition coefficient (Wildman–Crippen LogP) is 3.59. The third-order valence-corrected chi connectivity index (χ3v) is 12.1. The fourth-order valence-electron chi connectivity index (χ4n) is 2.97. The maximum absolute atomic E-state index is 12.4. The van der Waals surface area contributed by atoms with Crippen molar-refractivity contribution in [2.24, 2.45) is 0 Å². The Balaban J connectivity index is 2.24. The summed E-state index contributed by atoms with van der Waals surface area (Å²) in [6.45, 7) is 13.1. The first-order valence-corrected chi connectivity index (χ1v) is 15.8. The molecule has 0 spiro atoms. The van der Waals surface area contributed by atoms with Crippen LogP contribution in [0.1, 0.15) is 39.0 Å². The number of aromatic nitrogens is 2. The molecule has 1 aliphatic rings. The van der Waals surface area contributed by atoms with Crippen molar-refractivity contribution >= 4 is 31.8 Å². The molecule has 1 unspecified atom stereocenters. The molecule has 0 aromatic carbocycles. The molecule has 4 atom stereocenters. The summed E-state index contributed by atoms with van der Waals surface area (Å²) in [4.78, 5) is 26.5. The lowest BCUT2D eigenvalue weighted by atomic mass is 10.2. The zero-order chi connectivity index (χ0) is 22.7. The standard InChI is InChI=1S/C20H36N2O5S2Si/c1-13-10-22(19(24)21-18(13)23)16-9-14(27-17(29-6)12-28-5)15(26-16)11-25-30(7,8)20(2,3)4/h10,14-17H,9,11-12H2,1-8H3,(H,21,23,24)/t14-,15+,16+,17?/m0/s1. The van der Waals surface area contributed by atoms with E-state index in [2.05, 4.69) is 45.1 Å². The Labute approximate surface area is 188 Å². The smallest absolute Gasteiger partial charge is 0.330 e. The summed E-state index contributed by atoms with van der Waals surface area (Å²) in [6.07, 6.45) is 5.22. The number of aromatic amines is 1. The van der Waals surface area contributed by atoms with Gasteiger partial charge in [-0.05, 0) is 37.6 Å². The zero-order valence-corrected chi connectivity index (χ0v) is 21.9. The molecular formula is C20H36N2O5S2Si. The minimum absolute atomic E-state index is 0.0387. The molecule has 0 saturated carbocycles. The van der Waals surface area contributed by atoms with Crippen molar-refractivity contribution < 1.29 is 13.9 Å². The van der Waals surface area contributed by atoms with E-state index in [1.807, 2.05) is 6.26 Å². The van der Waals surface area contributed by atoms with Gasteiger partial charge < -0.3 is 13.9 Å². The van der Waals surface area contributed by atoms with Crippen molar-refractivity contribution in [2.75, 3.05) is 24.9 Å². The van der Waals surface area contributed by atoms with Crippen molar-refractivity contribution in [2.45, 2.75) is 76.1 Å². The molecule has 172 valence electrons. The monoisotopic (exact) mass is 476 g/mol. The number of hydrogen-bond acceptors (Lipinski definition) is 7. The summed E-state index contributed by atoms with van der Waals surface area (Å²) < 4.78 is 20.5. The number of nitrogens with zero attached hydrogens (tertiary/aromatic N) is 1. The molecule has 0 aliphatic carbocycles. The van der Waals surface area contributed by atoms with Gasteiger partial charge >= 0.3 is 5.69 Å². The molecule has 0 radical (unpaired) electrons. The highest BCUT2D eigenvalue weighted by Gasteiger charge is 2.42. The van der Waals surface area contributed by atoms with E-state index in [1.54, 1.807) is 36.6 Å². The second kappa shape index (κ2) is 10.4. The van der Waals surface area contributed by atoms with Gasteiger partial charge in [0.25, 0.3) is 5.56 Å². The predicted molar refractivity (Wildman–Crippen MR) is 128 cm³/mol. The number of ether oxygens (including phenoxy) is 2. The van der Waals surface area contributed by atoms with Gasteiger partial charge in [0.05, 0.1) is 12.7 Å². The minimum atomic E-state index is -1.95.